The lowest BCUT2D eigenvalue weighted by molar-refractivity contribution is 0.570. The molecule has 1 aromatic heterocycles. The second-order valence-corrected chi connectivity index (χ2v) is 8.13. The zero-order valence-electron chi connectivity index (χ0n) is 15.4. The average molecular weight is 485 g/mol. The molecule has 5 nitrogen and oxygen atoms in total. The van der Waals surface area contributed by atoms with Gasteiger partial charge in [-0.15, -0.1) is 35.7 Å². The SMILES string of the molecule is CN=C(NCCCn1cc(C)cn1)NCC1(Sc2ccccc2)CC1.I. The van der Waals surface area contributed by atoms with E-state index in [2.05, 4.69) is 64.2 Å². The third-order valence-corrected chi connectivity index (χ3v) is 5.80. The van der Waals surface area contributed by atoms with Crippen molar-refractivity contribution >= 4 is 41.7 Å². The molecule has 1 aliphatic carbocycles. The van der Waals surface area contributed by atoms with E-state index in [9.17, 15) is 0 Å². The van der Waals surface area contributed by atoms with Crippen molar-refractivity contribution < 1.29 is 0 Å². The number of rotatable bonds is 8. The molecule has 26 heavy (non-hydrogen) atoms. The van der Waals surface area contributed by atoms with E-state index in [0.29, 0.717) is 4.75 Å². The van der Waals surface area contributed by atoms with Gasteiger partial charge in [0.05, 0.1) is 6.20 Å². The van der Waals surface area contributed by atoms with E-state index in [4.69, 9.17) is 0 Å². The number of thioether (sulfide) groups is 1. The molecular formula is C19H28IN5S. The van der Waals surface area contributed by atoms with Crippen molar-refractivity contribution in [2.75, 3.05) is 20.1 Å². The van der Waals surface area contributed by atoms with Crippen LogP contribution >= 0.6 is 35.7 Å². The van der Waals surface area contributed by atoms with Gasteiger partial charge in [0, 0.05) is 42.5 Å². The maximum atomic E-state index is 4.34. The van der Waals surface area contributed by atoms with Gasteiger partial charge < -0.3 is 10.6 Å². The maximum absolute atomic E-state index is 4.34. The van der Waals surface area contributed by atoms with Crippen LogP contribution in [0.1, 0.15) is 24.8 Å². The number of halogens is 1. The lowest BCUT2D eigenvalue weighted by atomic mass is 10.4. The number of nitrogens with one attached hydrogen (secondary N) is 2. The van der Waals surface area contributed by atoms with Gasteiger partial charge in [-0.05, 0) is 43.9 Å². The van der Waals surface area contributed by atoms with E-state index < -0.39 is 0 Å². The van der Waals surface area contributed by atoms with Gasteiger partial charge in [0.25, 0.3) is 0 Å². The Balaban J connectivity index is 0.00000243. The first kappa shape index (κ1) is 21.1. The van der Waals surface area contributed by atoms with Crippen molar-refractivity contribution in [2.45, 2.75) is 42.4 Å². The summed E-state index contributed by atoms with van der Waals surface area (Å²) in [6.07, 6.45) is 7.51. The number of aryl methyl sites for hydroxylation is 2. The molecule has 1 fully saturated rings. The number of hydrogen-bond acceptors (Lipinski definition) is 3. The molecule has 142 valence electrons. The Morgan fingerprint density at radius 1 is 1.27 bits per heavy atom. The van der Waals surface area contributed by atoms with Crippen LogP contribution in [0, 0.1) is 6.92 Å². The molecule has 1 aromatic carbocycles. The molecule has 0 saturated heterocycles. The molecule has 0 amide bonds. The second-order valence-electron chi connectivity index (χ2n) is 6.58. The molecule has 1 aliphatic rings. The van der Waals surface area contributed by atoms with Crippen LogP contribution in [0.25, 0.3) is 0 Å². The van der Waals surface area contributed by atoms with E-state index in [1.807, 2.05) is 29.7 Å². The highest BCUT2D eigenvalue weighted by molar-refractivity contribution is 14.0. The Morgan fingerprint density at radius 3 is 2.65 bits per heavy atom. The molecule has 0 radical (unpaired) electrons. The lowest BCUT2D eigenvalue weighted by Crippen LogP contribution is -2.41. The highest BCUT2D eigenvalue weighted by Gasteiger charge is 2.43. The third-order valence-electron chi connectivity index (χ3n) is 4.31. The van der Waals surface area contributed by atoms with Gasteiger partial charge in [-0.25, -0.2) is 0 Å². The summed E-state index contributed by atoms with van der Waals surface area (Å²) in [6.45, 7) is 4.82. The first-order valence-electron chi connectivity index (χ1n) is 8.87. The number of benzene rings is 1. The summed E-state index contributed by atoms with van der Waals surface area (Å²) in [7, 11) is 1.83. The molecule has 2 N–H and O–H groups in total. The minimum absolute atomic E-state index is 0. The van der Waals surface area contributed by atoms with E-state index in [-0.39, 0.29) is 24.0 Å². The first-order valence-corrected chi connectivity index (χ1v) is 9.68. The van der Waals surface area contributed by atoms with Gasteiger partial charge in [0.1, 0.15) is 0 Å². The van der Waals surface area contributed by atoms with E-state index in [0.717, 1.165) is 32.0 Å². The lowest BCUT2D eigenvalue weighted by Gasteiger charge is -2.18. The highest BCUT2D eigenvalue weighted by atomic mass is 127. The minimum atomic E-state index is 0. The Labute approximate surface area is 177 Å². The predicted molar refractivity (Wildman–Crippen MR) is 121 cm³/mol. The van der Waals surface area contributed by atoms with Crippen LogP contribution < -0.4 is 10.6 Å². The topological polar surface area (TPSA) is 54.2 Å². The van der Waals surface area contributed by atoms with Gasteiger partial charge >= 0.3 is 0 Å². The monoisotopic (exact) mass is 485 g/mol. The fraction of sp³-hybridized carbons (Fsp3) is 0.474. The third kappa shape index (κ3) is 6.50. The number of nitrogens with zero attached hydrogens (tertiary/aromatic N) is 3. The number of hydrogen-bond donors (Lipinski definition) is 2. The molecule has 0 aliphatic heterocycles. The Hall–Kier alpha value is -1.22. The molecule has 0 bridgehead atoms. The Kier molecular flexibility index (Phi) is 8.27. The van der Waals surface area contributed by atoms with Gasteiger partial charge in [-0.2, -0.15) is 5.10 Å². The zero-order valence-corrected chi connectivity index (χ0v) is 18.6. The minimum Gasteiger partial charge on any atom is -0.356 e. The smallest absolute Gasteiger partial charge is 0.191 e. The zero-order chi connectivity index (χ0) is 17.5. The van der Waals surface area contributed by atoms with Crippen molar-refractivity contribution in [1.29, 1.82) is 0 Å². The maximum Gasteiger partial charge on any atom is 0.191 e. The summed E-state index contributed by atoms with van der Waals surface area (Å²) >= 11 is 1.98. The van der Waals surface area contributed by atoms with Crippen molar-refractivity contribution in [3.63, 3.8) is 0 Å². The Bertz CT molecular complexity index is 697. The standard InChI is InChI=1S/C19H27N5S.HI/c1-16-13-23-24(14-16)12-6-11-21-18(20-2)22-15-19(9-10-19)25-17-7-4-3-5-8-17;/h3-5,7-8,13-14H,6,9-12,15H2,1-2H3,(H2,20,21,22);1H. The van der Waals surface area contributed by atoms with Crippen molar-refractivity contribution in [3.8, 4) is 0 Å². The fourth-order valence-corrected chi connectivity index (χ4v) is 3.94. The fourth-order valence-electron chi connectivity index (χ4n) is 2.70. The molecule has 1 saturated carbocycles. The van der Waals surface area contributed by atoms with Crippen LogP contribution in [-0.4, -0.2) is 40.6 Å². The second kappa shape index (κ2) is 10.2. The van der Waals surface area contributed by atoms with Gasteiger partial charge in [-0.1, -0.05) is 18.2 Å². The highest BCUT2D eigenvalue weighted by Crippen LogP contribution is 2.51. The number of guanidine groups is 1. The largest absolute Gasteiger partial charge is 0.356 e. The summed E-state index contributed by atoms with van der Waals surface area (Å²) in [6, 6.07) is 10.7. The van der Waals surface area contributed by atoms with Crippen LogP contribution in [0.15, 0.2) is 52.6 Å². The van der Waals surface area contributed by atoms with E-state index in [1.165, 1.54) is 23.3 Å². The molecule has 0 atom stereocenters. The van der Waals surface area contributed by atoms with Crippen LogP contribution in [0.2, 0.25) is 0 Å². The predicted octanol–water partition coefficient (Wildman–Crippen LogP) is 3.69. The van der Waals surface area contributed by atoms with E-state index >= 15 is 0 Å². The van der Waals surface area contributed by atoms with Crippen LogP contribution in [0.3, 0.4) is 0 Å². The van der Waals surface area contributed by atoms with Crippen molar-refractivity contribution in [1.82, 2.24) is 20.4 Å². The molecular weight excluding hydrogens is 457 g/mol. The summed E-state index contributed by atoms with van der Waals surface area (Å²) in [5.74, 6) is 0.886. The quantitative estimate of drug-likeness (QED) is 0.259. The van der Waals surface area contributed by atoms with E-state index in [1.54, 1.807) is 0 Å². The normalized spacial score (nSPS) is 15.2. The van der Waals surface area contributed by atoms with Crippen molar-refractivity contribution in [3.05, 3.63) is 48.3 Å². The molecule has 2 aromatic rings. The number of aliphatic imine (C=N–C) groups is 1. The summed E-state index contributed by atoms with van der Waals surface area (Å²) in [4.78, 5) is 5.68. The first-order chi connectivity index (χ1) is 12.2. The summed E-state index contributed by atoms with van der Waals surface area (Å²) in [5, 5.41) is 11.2. The van der Waals surface area contributed by atoms with Crippen molar-refractivity contribution in [2.24, 2.45) is 4.99 Å². The van der Waals surface area contributed by atoms with Gasteiger partial charge in [0.15, 0.2) is 5.96 Å². The number of aromatic nitrogens is 2. The molecule has 3 rings (SSSR count). The van der Waals surface area contributed by atoms with Gasteiger partial charge in [-0.3, -0.25) is 9.67 Å². The average Bonchev–Trinajstić information content (AvgIpc) is 3.26. The summed E-state index contributed by atoms with van der Waals surface area (Å²) < 4.78 is 2.31. The molecule has 7 heteroatoms. The van der Waals surface area contributed by atoms with Gasteiger partial charge in [0.2, 0.25) is 0 Å². The molecule has 0 spiro atoms. The molecule has 1 heterocycles. The summed E-state index contributed by atoms with van der Waals surface area (Å²) in [5.41, 5.74) is 1.20. The van der Waals surface area contributed by atoms with Crippen LogP contribution in [0.4, 0.5) is 0 Å². The van der Waals surface area contributed by atoms with Crippen LogP contribution in [-0.2, 0) is 6.54 Å². The molecule has 0 unspecified atom stereocenters. The van der Waals surface area contributed by atoms with Crippen LogP contribution in [0.5, 0.6) is 0 Å². The Morgan fingerprint density at radius 2 is 2.04 bits per heavy atom.